The molecule has 0 N–H and O–H groups in total. The third-order valence-electron chi connectivity index (χ3n) is 6.48. The minimum atomic E-state index is -2.10. The van der Waals surface area contributed by atoms with E-state index >= 15 is 0 Å². The monoisotopic (exact) mass is 526 g/mol. The van der Waals surface area contributed by atoms with Gasteiger partial charge in [0.25, 0.3) is 0 Å². The van der Waals surface area contributed by atoms with E-state index in [4.69, 9.17) is 14.3 Å². The molecule has 1 saturated heterocycles. The number of oxime groups is 1. The molecule has 38 heavy (non-hydrogen) atoms. The maximum Gasteiger partial charge on any atom is 0.380 e. The van der Waals surface area contributed by atoms with Crippen LogP contribution < -0.4 is 4.74 Å². The van der Waals surface area contributed by atoms with Gasteiger partial charge in [-0.25, -0.2) is 22.9 Å². The van der Waals surface area contributed by atoms with Crippen LogP contribution in [0.4, 0.5) is 13.2 Å². The van der Waals surface area contributed by atoms with Crippen molar-refractivity contribution in [2.75, 3.05) is 20.3 Å². The molecule has 11 heteroatoms. The first-order valence-electron chi connectivity index (χ1n) is 12.0. The normalized spacial score (nSPS) is 19.7. The highest BCUT2D eigenvalue weighted by Crippen LogP contribution is 2.42. The number of ether oxygens (including phenoxy) is 2. The van der Waals surface area contributed by atoms with Gasteiger partial charge in [0.1, 0.15) is 5.75 Å². The SMILES string of the molecule is CCOC(=O)C1(c2cc(F)c(F)c(F)c2)ON=C2C(=Cc3ccc(-n4cnc(C)c4)c(OC)c3)CCCN21. The Hall–Kier alpha value is -4.28. The number of carbonyl (C=O) groups excluding carboxylic acids is 1. The molecule has 1 aromatic heterocycles. The van der Waals surface area contributed by atoms with Crippen molar-refractivity contribution in [1.29, 1.82) is 0 Å². The summed E-state index contributed by atoms with van der Waals surface area (Å²) in [5, 5.41) is 4.15. The molecule has 0 bridgehead atoms. The Labute approximate surface area is 216 Å². The summed E-state index contributed by atoms with van der Waals surface area (Å²) in [6, 6.07) is 7.11. The molecule has 2 aliphatic rings. The highest BCUT2D eigenvalue weighted by Gasteiger charge is 2.57. The molecule has 2 aromatic carbocycles. The second-order valence-electron chi connectivity index (χ2n) is 8.90. The lowest BCUT2D eigenvalue weighted by atomic mass is 9.94. The molecule has 3 aromatic rings. The van der Waals surface area contributed by atoms with Gasteiger partial charge in [-0.05, 0) is 68.2 Å². The lowest BCUT2D eigenvalue weighted by Gasteiger charge is -2.37. The van der Waals surface area contributed by atoms with Crippen LogP contribution in [0.1, 0.15) is 36.6 Å². The number of benzene rings is 2. The summed E-state index contributed by atoms with van der Waals surface area (Å²) in [6.45, 7) is 3.77. The van der Waals surface area contributed by atoms with Crippen molar-refractivity contribution in [2.24, 2.45) is 5.16 Å². The average molecular weight is 527 g/mol. The number of aryl methyl sites for hydroxylation is 1. The highest BCUT2D eigenvalue weighted by atomic mass is 19.2. The van der Waals surface area contributed by atoms with Gasteiger partial charge < -0.3 is 23.8 Å². The minimum Gasteiger partial charge on any atom is -0.495 e. The largest absolute Gasteiger partial charge is 0.495 e. The molecule has 1 unspecified atom stereocenters. The lowest BCUT2D eigenvalue weighted by Crippen LogP contribution is -2.54. The molecule has 0 spiro atoms. The molecule has 5 rings (SSSR count). The first-order chi connectivity index (χ1) is 18.3. The topological polar surface area (TPSA) is 78.2 Å². The standard InChI is InChI=1S/C27H25F3N4O4/c1-4-37-26(35)27(19-12-20(28)24(30)21(29)13-19)34-9-5-6-18(25(34)32-38-27)10-17-7-8-22(23(11-17)36-3)33-14-16(2)31-15-33/h7-8,10-15H,4-6,9H2,1-3H3. The first kappa shape index (κ1) is 25.4. The van der Waals surface area contributed by atoms with E-state index in [0.29, 0.717) is 24.4 Å². The van der Waals surface area contributed by atoms with E-state index < -0.39 is 29.1 Å². The molecule has 0 saturated carbocycles. The number of halogens is 3. The van der Waals surface area contributed by atoms with E-state index in [1.54, 1.807) is 20.4 Å². The van der Waals surface area contributed by atoms with Crippen LogP contribution in [-0.2, 0) is 20.1 Å². The quantitative estimate of drug-likeness (QED) is 0.338. The molecule has 198 valence electrons. The fraction of sp³-hybridized carbons (Fsp3) is 0.296. The Balaban J connectivity index is 1.53. The van der Waals surface area contributed by atoms with Crippen molar-refractivity contribution >= 4 is 17.9 Å². The van der Waals surface area contributed by atoms with Gasteiger partial charge in [0.05, 0.1) is 31.4 Å². The van der Waals surface area contributed by atoms with Gasteiger partial charge in [0, 0.05) is 18.3 Å². The fourth-order valence-corrected chi connectivity index (χ4v) is 4.73. The number of esters is 1. The van der Waals surface area contributed by atoms with Gasteiger partial charge in [-0.3, -0.25) is 0 Å². The van der Waals surface area contributed by atoms with Gasteiger partial charge in [-0.1, -0.05) is 11.2 Å². The van der Waals surface area contributed by atoms with Gasteiger partial charge >= 0.3 is 11.7 Å². The van der Waals surface area contributed by atoms with E-state index in [0.717, 1.165) is 34.7 Å². The molecule has 0 radical (unpaired) electrons. The van der Waals surface area contributed by atoms with Crippen molar-refractivity contribution < 1.29 is 32.3 Å². The van der Waals surface area contributed by atoms with E-state index in [-0.39, 0.29) is 18.7 Å². The van der Waals surface area contributed by atoms with E-state index in [1.165, 1.54) is 4.90 Å². The average Bonchev–Trinajstić information content (AvgIpc) is 3.52. The molecule has 1 fully saturated rings. The number of imidazole rings is 1. The van der Waals surface area contributed by atoms with Crippen LogP contribution in [0.5, 0.6) is 5.75 Å². The van der Waals surface area contributed by atoms with Crippen LogP contribution in [0, 0.1) is 24.4 Å². The third-order valence-corrected chi connectivity index (χ3v) is 6.48. The van der Waals surface area contributed by atoms with Crippen LogP contribution in [0.3, 0.4) is 0 Å². The zero-order chi connectivity index (χ0) is 27.0. The number of carbonyl (C=O) groups is 1. The summed E-state index contributed by atoms with van der Waals surface area (Å²) in [4.78, 5) is 24.6. The Morgan fingerprint density at radius 3 is 2.63 bits per heavy atom. The predicted octanol–water partition coefficient (Wildman–Crippen LogP) is 4.85. The number of amidine groups is 1. The summed E-state index contributed by atoms with van der Waals surface area (Å²) < 4.78 is 54.9. The molecule has 3 heterocycles. The van der Waals surface area contributed by atoms with Gasteiger partial charge in [0.2, 0.25) is 0 Å². The number of hydrogen-bond donors (Lipinski definition) is 0. The number of rotatable bonds is 6. The van der Waals surface area contributed by atoms with E-state index in [2.05, 4.69) is 10.1 Å². The minimum absolute atomic E-state index is 0.00937. The number of piperidine rings is 1. The van der Waals surface area contributed by atoms with Crippen LogP contribution in [0.15, 0.2) is 53.6 Å². The second kappa shape index (κ2) is 9.88. The molecule has 0 aliphatic carbocycles. The van der Waals surface area contributed by atoms with Crippen LogP contribution in [-0.4, -0.2) is 46.5 Å². The van der Waals surface area contributed by atoms with Crippen molar-refractivity contribution in [3.63, 3.8) is 0 Å². The fourth-order valence-electron chi connectivity index (χ4n) is 4.73. The number of hydrogen-bond acceptors (Lipinski definition) is 7. The highest BCUT2D eigenvalue weighted by molar-refractivity contribution is 6.06. The Bertz CT molecular complexity index is 1450. The van der Waals surface area contributed by atoms with Gasteiger partial charge in [-0.2, -0.15) is 0 Å². The van der Waals surface area contributed by atoms with E-state index in [9.17, 15) is 18.0 Å². The Morgan fingerprint density at radius 2 is 1.97 bits per heavy atom. The van der Waals surface area contributed by atoms with Crippen LogP contribution in [0.2, 0.25) is 0 Å². The molecule has 2 aliphatic heterocycles. The van der Waals surface area contributed by atoms with Crippen molar-refractivity contribution in [3.8, 4) is 11.4 Å². The van der Waals surface area contributed by atoms with Gasteiger partial charge in [-0.15, -0.1) is 0 Å². The molecule has 8 nitrogen and oxygen atoms in total. The smallest absolute Gasteiger partial charge is 0.380 e. The molecular formula is C27H25F3N4O4. The molecular weight excluding hydrogens is 501 g/mol. The summed E-state index contributed by atoms with van der Waals surface area (Å²) in [5.41, 5.74) is 0.859. The van der Waals surface area contributed by atoms with Gasteiger partial charge in [0.15, 0.2) is 23.3 Å². The number of aromatic nitrogens is 2. The summed E-state index contributed by atoms with van der Waals surface area (Å²) in [7, 11) is 1.57. The number of methoxy groups -OCH3 is 1. The summed E-state index contributed by atoms with van der Waals surface area (Å²) >= 11 is 0. The number of nitrogens with zero attached hydrogens (tertiary/aromatic N) is 4. The first-order valence-corrected chi connectivity index (χ1v) is 12.0. The predicted molar refractivity (Wildman–Crippen MR) is 132 cm³/mol. The zero-order valence-electron chi connectivity index (χ0n) is 21.0. The number of fused-ring (bicyclic) bond motifs is 1. The second-order valence-corrected chi connectivity index (χ2v) is 8.90. The summed E-state index contributed by atoms with van der Waals surface area (Å²) in [6.07, 6.45) is 6.66. The van der Waals surface area contributed by atoms with Crippen molar-refractivity contribution in [2.45, 2.75) is 32.4 Å². The van der Waals surface area contributed by atoms with Crippen molar-refractivity contribution in [1.82, 2.24) is 14.5 Å². The zero-order valence-corrected chi connectivity index (χ0v) is 21.0. The van der Waals surface area contributed by atoms with Crippen LogP contribution >= 0.6 is 0 Å². The maximum atomic E-state index is 14.2. The Kier molecular flexibility index (Phi) is 6.60. The maximum absolute atomic E-state index is 14.2. The Morgan fingerprint density at radius 1 is 1.21 bits per heavy atom. The van der Waals surface area contributed by atoms with Crippen molar-refractivity contribution in [3.05, 3.63) is 82.7 Å². The summed E-state index contributed by atoms with van der Waals surface area (Å²) in [5.74, 6) is -4.51. The molecule has 0 amide bonds. The lowest BCUT2D eigenvalue weighted by molar-refractivity contribution is -0.189. The van der Waals surface area contributed by atoms with Crippen LogP contribution in [0.25, 0.3) is 11.8 Å². The van der Waals surface area contributed by atoms with E-state index in [1.807, 2.05) is 42.0 Å². The molecule has 1 atom stereocenters. The third kappa shape index (κ3) is 4.17.